The van der Waals surface area contributed by atoms with E-state index in [1.54, 1.807) is 12.0 Å². The van der Waals surface area contributed by atoms with E-state index in [2.05, 4.69) is 18.4 Å². The molecule has 3 atom stereocenters. The number of carboxylic acid groups (broad SMARTS) is 1. The van der Waals surface area contributed by atoms with Gasteiger partial charge in [-0.05, 0) is 42.7 Å². The molecule has 4 rings (SSSR count). The van der Waals surface area contributed by atoms with Crippen LogP contribution in [-0.2, 0) is 20.8 Å². The Kier molecular flexibility index (Phi) is 10.8. The van der Waals surface area contributed by atoms with E-state index >= 15 is 0 Å². The van der Waals surface area contributed by atoms with Gasteiger partial charge in [-0.3, -0.25) is 9.59 Å². The number of aryl methyl sites for hydroxylation is 1. The molecule has 43 heavy (non-hydrogen) atoms. The second kappa shape index (κ2) is 14.1. The number of carbonyl (C=O) groups is 3. The van der Waals surface area contributed by atoms with Gasteiger partial charge in [-0.25, -0.2) is 4.79 Å². The zero-order chi connectivity index (χ0) is 31.3. The summed E-state index contributed by atoms with van der Waals surface area (Å²) in [6, 6.07) is 9.01. The zero-order valence-corrected chi connectivity index (χ0v) is 26.8. The van der Waals surface area contributed by atoms with Crippen molar-refractivity contribution in [3.05, 3.63) is 36.0 Å². The van der Waals surface area contributed by atoms with Crippen molar-refractivity contribution in [2.24, 2.45) is 17.3 Å². The van der Waals surface area contributed by atoms with Crippen LogP contribution in [0.15, 0.2) is 30.3 Å². The van der Waals surface area contributed by atoms with E-state index in [9.17, 15) is 19.5 Å². The summed E-state index contributed by atoms with van der Waals surface area (Å²) in [4.78, 5) is 46.5. The molecule has 1 aromatic heterocycles. The first-order valence-electron chi connectivity index (χ1n) is 15.7. The lowest BCUT2D eigenvalue weighted by atomic mass is 9.74. The van der Waals surface area contributed by atoms with Gasteiger partial charge in [0.2, 0.25) is 5.91 Å². The molecule has 0 bridgehead atoms. The van der Waals surface area contributed by atoms with E-state index in [0.717, 1.165) is 23.7 Å². The van der Waals surface area contributed by atoms with Gasteiger partial charge < -0.3 is 33.8 Å². The number of methoxy groups -OCH3 is 1. The summed E-state index contributed by atoms with van der Waals surface area (Å²) in [7, 11) is 1.69. The monoisotopic (exact) mass is 598 g/mol. The molecule has 2 fully saturated rings. The molecule has 2 aliphatic rings. The van der Waals surface area contributed by atoms with Crippen LogP contribution in [0.5, 0.6) is 0 Å². The number of benzene rings is 1. The highest BCUT2D eigenvalue weighted by Crippen LogP contribution is 2.39. The van der Waals surface area contributed by atoms with Gasteiger partial charge in [0.05, 0.1) is 31.2 Å². The Balaban J connectivity index is 1.78. The highest BCUT2D eigenvalue weighted by atomic mass is 16.5. The van der Waals surface area contributed by atoms with Gasteiger partial charge in [-0.1, -0.05) is 52.8 Å². The number of fused-ring (bicyclic) bond motifs is 1. The molecule has 3 heterocycles. The quantitative estimate of drug-likeness (QED) is 0.394. The van der Waals surface area contributed by atoms with Crippen LogP contribution in [0.2, 0.25) is 0 Å². The van der Waals surface area contributed by atoms with Crippen LogP contribution in [0.4, 0.5) is 4.79 Å². The molecule has 2 aliphatic heterocycles. The lowest BCUT2D eigenvalue weighted by molar-refractivity contribution is -0.144. The number of carbonyl (C=O) groups excluding carboxylic acids is 2. The molecule has 2 aromatic rings. The van der Waals surface area contributed by atoms with E-state index in [4.69, 9.17) is 9.47 Å². The van der Waals surface area contributed by atoms with Crippen molar-refractivity contribution in [2.75, 3.05) is 53.1 Å². The second-order valence-electron chi connectivity index (χ2n) is 13.5. The normalized spacial score (nSPS) is 21.4. The Bertz CT molecular complexity index is 1260. The van der Waals surface area contributed by atoms with E-state index in [0.29, 0.717) is 58.1 Å². The fourth-order valence-electron chi connectivity index (χ4n) is 6.87. The third-order valence-electron chi connectivity index (χ3n) is 8.68. The molecule has 0 spiro atoms. The van der Waals surface area contributed by atoms with Crippen LogP contribution in [0, 0.1) is 17.3 Å². The van der Waals surface area contributed by atoms with Crippen LogP contribution in [0.3, 0.4) is 0 Å². The largest absolute Gasteiger partial charge is 0.465 e. The molecule has 1 N–H and O–H groups in total. The number of hydrogen-bond donors (Lipinski definition) is 1. The van der Waals surface area contributed by atoms with E-state index < -0.39 is 29.5 Å². The molecule has 0 radical (unpaired) electrons. The molecule has 0 saturated carbocycles. The third kappa shape index (κ3) is 7.52. The van der Waals surface area contributed by atoms with Crippen LogP contribution >= 0.6 is 0 Å². The first kappa shape index (κ1) is 32.8. The molecule has 10 nitrogen and oxygen atoms in total. The molecule has 3 amide bonds. The van der Waals surface area contributed by atoms with Crippen LogP contribution in [0.25, 0.3) is 10.9 Å². The lowest BCUT2D eigenvalue weighted by Crippen LogP contribution is -2.66. The van der Waals surface area contributed by atoms with Gasteiger partial charge in [0.15, 0.2) is 0 Å². The molecular formula is C33H50N4O6. The SMILES string of the molecule is COCCCCn1c(C(=O)N(CC(C)C)[C@H]2C[C@@H](C(=O)N3CCOCC3)CN(C(=O)O)C2C(C)(C)C)cc2ccccc21. The molecule has 1 unspecified atom stereocenters. The van der Waals surface area contributed by atoms with Crippen molar-refractivity contribution in [1.29, 1.82) is 0 Å². The van der Waals surface area contributed by atoms with Crippen molar-refractivity contribution in [3.63, 3.8) is 0 Å². The number of piperidine rings is 1. The fraction of sp³-hybridized carbons (Fsp3) is 0.667. The minimum absolute atomic E-state index is 0.0592. The second-order valence-corrected chi connectivity index (χ2v) is 13.5. The number of ether oxygens (including phenoxy) is 2. The minimum Gasteiger partial charge on any atom is -0.465 e. The molecule has 10 heteroatoms. The van der Waals surface area contributed by atoms with E-state index in [1.165, 1.54) is 4.90 Å². The molecule has 238 valence electrons. The van der Waals surface area contributed by atoms with Crippen molar-refractivity contribution in [1.82, 2.24) is 19.3 Å². The topological polar surface area (TPSA) is 105 Å². The number of unbranched alkanes of at least 4 members (excludes halogenated alkanes) is 1. The predicted molar refractivity (Wildman–Crippen MR) is 166 cm³/mol. The molecular weight excluding hydrogens is 548 g/mol. The molecule has 2 saturated heterocycles. The summed E-state index contributed by atoms with van der Waals surface area (Å²) >= 11 is 0. The first-order valence-corrected chi connectivity index (χ1v) is 15.7. The number of nitrogens with zero attached hydrogens (tertiary/aromatic N) is 4. The number of likely N-dealkylation sites (tertiary alicyclic amines) is 1. The van der Waals surface area contributed by atoms with E-state index in [1.807, 2.05) is 56.0 Å². The Morgan fingerprint density at radius 2 is 1.81 bits per heavy atom. The summed E-state index contributed by atoms with van der Waals surface area (Å²) in [5.74, 6) is -0.588. The van der Waals surface area contributed by atoms with Gasteiger partial charge in [0.25, 0.3) is 5.91 Å². The summed E-state index contributed by atoms with van der Waals surface area (Å²) in [6.07, 6.45) is 1.08. The standard InChI is InChI=1S/C33H50N4O6/c1-23(2)21-36(31(39)28-19-24-11-7-8-12-26(24)35(28)13-9-10-16-42-6)27-20-25(30(38)34-14-17-43-18-15-34)22-37(32(40)41)29(27)33(3,4)5/h7-8,11-12,19,23,25,27,29H,9-10,13-18,20-22H2,1-6H3,(H,40,41)/t25-,27+,29?/m1/s1. The number of amides is 3. The summed E-state index contributed by atoms with van der Waals surface area (Å²) < 4.78 is 12.8. The maximum Gasteiger partial charge on any atom is 0.407 e. The maximum absolute atomic E-state index is 14.8. The van der Waals surface area contributed by atoms with Crippen molar-refractivity contribution in [3.8, 4) is 0 Å². The number of aromatic nitrogens is 1. The smallest absolute Gasteiger partial charge is 0.407 e. The molecule has 1 aromatic carbocycles. The van der Waals surface area contributed by atoms with Gasteiger partial charge >= 0.3 is 6.09 Å². The Morgan fingerprint density at radius 3 is 2.44 bits per heavy atom. The average molecular weight is 599 g/mol. The van der Waals surface area contributed by atoms with Crippen LogP contribution in [-0.4, -0.2) is 107 Å². The summed E-state index contributed by atoms with van der Waals surface area (Å²) in [5.41, 5.74) is 1.12. The Labute approximate surface area is 255 Å². The lowest BCUT2D eigenvalue weighted by Gasteiger charge is -2.52. The highest BCUT2D eigenvalue weighted by molar-refractivity contribution is 5.99. The number of rotatable bonds is 10. The molecule has 0 aliphatic carbocycles. The number of hydrogen-bond acceptors (Lipinski definition) is 5. The number of morpholine rings is 1. The van der Waals surface area contributed by atoms with Crippen LogP contribution in [0.1, 0.15) is 64.4 Å². The third-order valence-corrected chi connectivity index (χ3v) is 8.68. The maximum atomic E-state index is 14.8. The minimum atomic E-state index is -1.06. The Hall–Kier alpha value is -3.11. The number of para-hydroxylation sites is 1. The summed E-state index contributed by atoms with van der Waals surface area (Å²) in [5, 5.41) is 11.5. The van der Waals surface area contributed by atoms with Gasteiger partial charge in [0.1, 0.15) is 5.69 Å². The van der Waals surface area contributed by atoms with E-state index in [-0.39, 0.29) is 24.3 Å². The van der Waals surface area contributed by atoms with Gasteiger partial charge in [-0.2, -0.15) is 0 Å². The van der Waals surface area contributed by atoms with Gasteiger partial charge in [-0.15, -0.1) is 0 Å². The average Bonchev–Trinajstić information content (AvgIpc) is 3.35. The van der Waals surface area contributed by atoms with Crippen LogP contribution < -0.4 is 0 Å². The highest BCUT2D eigenvalue weighted by Gasteiger charge is 2.50. The first-order chi connectivity index (χ1) is 20.4. The van der Waals surface area contributed by atoms with Crippen molar-refractivity contribution < 1.29 is 29.0 Å². The van der Waals surface area contributed by atoms with Crippen molar-refractivity contribution in [2.45, 2.75) is 72.5 Å². The predicted octanol–water partition coefficient (Wildman–Crippen LogP) is 4.81. The Morgan fingerprint density at radius 1 is 1.12 bits per heavy atom. The zero-order valence-electron chi connectivity index (χ0n) is 26.8. The van der Waals surface area contributed by atoms with Gasteiger partial charge in [0, 0.05) is 57.3 Å². The summed E-state index contributed by atoms with van der Waals surface area (Å²) in [6.45, 7) is 14.0. The fourth-order valence-corrected chi connectivity index (χ4v) is 6.87. The van der Waals surface area contributed by atoms with Crippen molar-refractivity contribution >= 4 is 28.8 Å².